The van der Waals surface area contributed by atoms with Gasteiger partial charge < -0.3 is 4.74 Å². The van der Waals surface area contributed by atoms with E-state index in [1.165, 1.54) is 0 Å². The van der Waals surface area contributed by atoms with Crippen LogP contribution in [0.4, 0.5) is 4.39 Å². The molecule has 1 saturated heterocycles. The van der Waals surface area contributed by atoms with Crippen LogP contribution >= 0.6 is 0 Å². The molecule has 0 saturated carbocycles. The summed E-state index contributed by atoms with van der Waals surface area (Å²) < 4.78 is 17.4. The molecule has 1 aliphatic heterocycles. The molecule has 0 radical (unpaired) electrons. The van der Waals surface area contributed by atoms with Crippen molar-refractivity contribution in [1.29, 1.82) is 0 Å². The van der Waals surface area contributed by atoms with Gasteiger partial charge in [-0.1, -0.05) is 13.3 Å². The maximum atomic E-state index is 12.0. The fourth-order valence-electron chi connectivity index (χ4n) is 1.43. The molecule has 2 heteroatoms. The Bertz CT molecular complexity index is 95.3. The maximum absolute atomic E-state index is 12.0. The standard InChI is InChI=1S/C8H15FO/c1-2-3-7-4-5-8(6-9)10-7/h7-8H,2-6H2,1H3. The molecule has 2 unspecified atom stereocenters. The zero-order chi connectivity index (χ0) is 7.40. The van der Waals surface area contributed by atoms with Gasteiger partial charge in [-0.25, -0.2) is 4.39 Å². The molecule has 0 N–H and O–H groups in total. The molecule has 2 atom stereocenters. The van der Waals surface area contributed by atoms with E-state index in [0.29, 0.717) is 6.10 Å². The van der Waals surface area contributed by atoms with Crippen LogP contribution in [0.15, 0.2) is 0 Å². The van der Waals surface area contributed by atoms with Crippen molar-refractivity contribution < 1.29 is 9.13 Å². The van der Waals surface area contributed by atoms with Crippen molar-refractivity contribution in [3.05, 3.63) is 0 Å². The van der Waals surface area contributed by atoms with Crippen molar-refractivity contribution >= 4 is 0 Å². The summed E-state index contributed by atoms with van der Waals surface area (Å²) in [5.41, 5.74) is 0. The van der Waals surface area contributed by atoms with Crippen molar-refractivity contribution in [2.45, 2.75) is 44.8 Å². The smallest absolute Gasteiger partial charge is 0.116 e. The second-order valence-corrected chi connectivity index (χ2v) is 2.90. The van der Waals surface area contributed by atoms with Crippen LogP contribution in [0.3, 0.4) is 0 Å². The van der Waals surface area contributed by atoms with Crippen molar-refractivity contribution in [3.8, 4) is 0 Å². The first-order valence-corrected chi connectivity index (χ1v) is 4.08. The van der Waals surface area contributed by atoms with Gasteiger partial charge in [0, 0.05) is 0 Å². The molecule has 0 aromatic heterocycles. The first kappa shape index (κ1) is 7.99. The summed E-state index contributed by atoms with van der Waals surface area (Å²) in [5, 5.41) is 0. The summed E-state index contributed by atoms with van der Waals surface area (Å²) in [4.78, 5) is 0. The number of rotatable bonds is 3. The van der Waals surface area contributed by atoms with E-state index in [4.69, 9.17) is 4.74 Å². The highest BCUT2D eigenvalue weighted by Crippen LogP contribution is 2.22. The van der Waals surface area contributed by atoms with Crippen LogP contribution < -0.4 is 0 Å². The van der Waals surface area contributed by atoms with Gasteiger partial charge >= 0.3 is 0 Å². The molecule has 1 fully saturated rings. The Morgan fingerprint density at radius 3 is 2.60 bits per heavy atom. The molecule has 10 heavy (non-hydrogen) atoms. The van der Waals surface area contributed by atoms with Crippen LogP contribution in [0.2, 0.25) is 0 Å². The molecule has 1 heterocycles. The van der Waals surface area contributed by atoms with Gasteiger partial charge in [-0.05, 0) is 19.3 Å². The summed E-state index contributed by atoms with van der Waals surface area (Å²) in [6.07, 6.45) is 4.48. The van der Waals surface area contributed by atoms with E-state index in [0.717, 1.165) is 25.7 Å². The van der Waals surface area contributed by atoms with Gasteiger partial charge in [0.2, 0.25) is 0 Å². The molecule has 0 aromatic carbocycles. The van der Waals surface area contributed by atoms with Crippen molar-refractivity contribution in [2.24, 2.45) is 0 Å². The third kappa shape index (κ3) is 1.94. The third-order valence-electron chi connectivity index (χ3n) is 1.98. The summed E-state index contributed by atoms with van der Waals surface area (Å²) in [5.74, 6) is 0. The normalized spacial score (nSPS) is 33.0. The van der Waals surface area contributed by atoms with E-state index in [1.54, 1.807) is 0 Å². The lowest BCUT2D eigenvalue weighted by molar-refractivity contribution is 0.0269. The molecule has 0 amide bonds. The molecule has 0 bridgehead atoms. The van der Waals surface area contributed by atoms with Gasteiger partial charge in [0.25, 0.3) is 0 Å². The zero-order valence-electron chi connectivity index (χ0n) is 6.48. The second-order valence-electron chi connectivity index (χ2n) is 2.90. The fraction of sp³-hybridized carbons (Fsp3) is 1.00. The van der Waals surface area contributed by atoms with Gasteiger partial charge in [0.05, 0.1) is 12.2 Å². The first-order valence-electron chi connectivity index (χ1n) is 4.08. The summed E-state index contributed by atoms with van der Waals surface area (Å²) in [6.45, 7) is 1.83. The Morgan fingerprint density at radius 2 is 2.10 bits per heavy atom. The number of hydrogen-bond acceptors (Lipinski definition) is 1. The Balaban J connectivity index is 2.15. The number of ether oxygens (including phenoxy) is 1. The second kappa shape index (κ2) is 3.91. The lowest BCUT2D eigenvalue weighted by Gasteiger charge is -2.08. The van der Waals surface area contributed by atoms with Crippen molar-refractivity contribution in [3.63, 3.8) is 0 Å². The third-order valence-corrected chi connectivity index (χ3v) is 1.98. The fourth-order valence-corrected chi connectivity index (χ4v) is 1.43. The Morgan fingerprint density at radius 1 is 1.40 bits per heavy atom. The SMILES string of the molecule is CCCC1CCC(CF)O1. The van der Waals surface area contributed by atoms with E-state index in [-0.39, 0.29) is 12.8 Å². The molecular weight excluding hydrogens is 131 g/mol. The molecule has 1 aliphatic rings. The van der Waals surface area contributed by atoms with Crippen molar-refractivity contribution in [1.82, 2.24) is 0 Å². The van der Waals surface area contributed by atoms with Gasteiger partial charge in [-0.3, -0.25) is 0 Å². The first-order chi connectivity index (χ1) is 4.86. The quantitative estimate of drug-likeness (QED) is 0.593. The molecular formula is C8H15FO. The van der Waals surface area contributed by atoms with E-state index < -0.39 is 0 Å². The minimum Gasteiger partial charge on any atom is -0.372 e. The van der Waals surface area contributed by atoms with Gasteiger partial charge in [-0.15, -0.1) is 0 Å². The lowest BCUT2D eigenvalue weighted by atomic mass is 10.1. The van der Waals surface area contributed by atoms with Crippen LogP contribution in [-0.4, -0.2) is 18.9 Å². The topological polar surface area (TPSA) is 9.23 Å². The largest absolute Gasteiger partial charge is 0.372 e. The predicted octanol–water partition coefficient (Wildman–Crippen LogP) is 2.30. The number of hydrogen-bond donors (Lipinski definition) is 0. The predicted molar refractivity (Wildman–Crippen MR) is 38.8 cm³/mol. The van der Waals surface area contributed by atoms with E-state index in [9.17, 15) is 4.39 Å². The highest BCUT2D eigenvalue weighted by Gasteiger charge is 2.23. The Labute approximate surface area is 61.6 Å². The highest BCUT2D eigenvalue weighted by molar-refractivity contribution is 4.72. The van der Waals surface area contributed by atoms with E-state index in [1.807, 2.05) is 0 Å². The maximum Gasteiger partial charge on any atom is 0.116 e. The van der Waals surface area contributed by atoms with Crippen LogP contribution in [0.25, 0.3) is 0 Å². The van der Waals surface area contributed by atoms with Crippen molar-refractivity contribution in [2.75, 3.05) is 6.67 Å². The lowest BCUT2D eigenvalue weighted by Crippen LogP contribution is -2.11. The Hall–Kier alpha value is -0.110. The van der Waals surface area contributed by atoms with Gasteiger partial charge in [-0.2, -0.15) is 0 Å². The highest BCUT2D eigenvalue weighted by atomic mass is 19.1. The van der Waals surface area contributed by atoms with Crippen LogP contribution in [-0.2, 0) is 4.74 Å². The van der Waals surface area contributed by atoms with Crippen LogP contribution in [0.1, 0.15) is 32.6 Å². The zero-order valence-corrected chi connectivity index (χ0v) is 6.48. The van der Waals surface area contributed by atoms with Crippen LogP contribution in [0.5, 0.6) is 0 Å². The minimum absolute atomic E-state index is 0.0865. The molecule has 1 rings (SSSR count). The number of alkyl halides is 1. The molecule has 0 spiro atoms. The molecule has 0 aromatic rings. The van der Waals surface area contributed by atoms with Gasteiger partial charge in [0.1, 0.15) is 6.67 Å². The molecule has 60 valence electrons. The van der Waals surface area contributed by atoms with E-state index in [2.05, 4.69) is 6.92 Å². The summed E-state index contributed by atoms with van der Waals surface area (Å²) >= 11 is 0. The number of halogens is 1. The van der Waals surface area contributed by atoms with Crippen LogP contribution in [0, 0.1) is 0 Å². The molecule has 1 nitrogen and oxygen atoms in total. The monoisotopic (exact) mass is 146 g/mol. The molecule has 0 aliphatic carbocycles. The minimum atomic E-state index is -0.305. The van der Waals surface area contributed by atoms with E-state index >= 15 is 0 Å². The average Bonchev–Trinajstić information content (AvgIpc) is 2.37. The average molecular weight is 146 g/mol. The summed E-state index contributed by atoms with van der Waals surface area (Å²) in [7, 11) is 0. The Kier molecular flexibility index (Phi) is 3.13. The van der Waals surface area contributed by atoms with Gasteiger partial charge in [0.15, 0.2) is 0 Å². The summed E-state index contributed by atoms with van der Waals surface area (Å²) in [6, 6.07) is 0.